The summed E-state index contributed by atoms with van der Waals surface area (Å²) >= 11 is 0. The molecule has 2 unspecified atom stereocenters. The van der Waals surface area contributed by atoms with Crippen molar-refractivity contribution in [1.29, 1.82) is 0 Å². The van der Waals surface area contributed by atoms with Gasteiger partial charge in [-0.25, -0.2) is 9.59 Å². The van der Waals surface area contributed by atoms with E-state index >= 15 is 0 Å². The lowest BCUT2D eigenvalue weighted by molar-refractivity contribution is -0.150. The van der Waals surface area contributed by atoms with Crippen LogP contribution in [0.3, 0.4) is 0 Å². The van der Waals surface area contributed by atoms with Crippen molar-refractivity contribution in [2.75, 3.05) is 66.1 Å². The highest BCUT2D eigenvalue weighted by Crippen LogP contribution is 2.38. The molecule has 95 heavy (non-hydrogen) atoms. The number of esters is 6. The molecule has 0 amide bonds. The van der Waals surface area contributed by atoms with Crippen molar-refractivity contribution in [2.24, 2.45) is 11.8 Å². The molecule has 0 heterocycles. The maximum absolute atomic E-state index is 13.4. The lowest BCUT2D eigenvalue weighted by Crippen LogP contribution is -2.13. The van der Waals surface area contributed by atoms with Gasteiger partial charge in [0.25, 0.3) is 0 Å². The van der Waals surface area contributed by atoms with Crippen LogP contribution in [0.5, 0.6) is 23.0 Å². The zero-order valence-corrected chi connectivity index (χ0v) is 58.8. The number of hydrogen-bond acceptors (Lipinski definition) is 16. The first-order valence-electron chi connectivity index (χ1n) is 36.4. The summed E-state index contributed by atoms with van der Waals surface area (Å²) in [6, 6.07) is 22.1. The van der Waals surface area contributed by atoms with Gasteiger partial charge in [-0.15, -0.1) is 0 Å². The van der Waals surface area contributed by atoms with Crippen molar-refractivity contribution in [3.63, 3.8) is 0 Å². The molecule has 0 aromatic heterocycles. The van der Waals surface area contributed by atoms with Crippen LogP contribution in [0.15, 0.2) is 91.0 Å². The quantitative estimate of drug-likeness (QED) is 0.0170. The summed E-state index contributed by atoms with van der Waals surface area (Å²) in [5, 5.41) is 0. The number of carbonyl (C=O) groups excluding carboxylic acids is 6. The van der Waals surface area contributed by atoms with E-state index in [0.29, 0.717) is 113 Å². The maximum Gasteiger partial charge on any atom is 0.342 e. The fourth-order valence-electron chi connectivity index (χ4n) is 11.3. The van der Waals surface area contributed by atoms with Crippen molar-refractivity contribution in [1.82, 2.24) is 0 Å². The summed E-state index contributed by atoms with van der Waals surface area (Å²) in [6.07, 6.45) is 31.0. The van der Waals surface area contributed by atoms with E-state index in [1.807, 2.05) is 12.1 Å². The number of rotatable bonds is 55. The van der Waals surface area contributed by atoms with Gasteiger partial charge in [0.1, 0.15) is 28.6 Å². The molecule has 530 valence electrons. The normalized spacial score (nSPS) is 14.3. The van der Waals surface area contributed by atoms with Crippen LogP contribution in [0.25, 0.3) is 0 Å². The Kier molecular flexibility index (Phi) is 43.6. The summed E-state index contributed by atoms with van der Waals surface area (Å²) < 4.78 is 56.3. The van der Waals surface area contributed by atoms with Crippen LogP contribution in [-0.2, 0) is 52.4 Å². The van der Waals surface area contributed by atoms with Gasteiger partial charge in [-0.1, -0.05) is 90.0 Å². The van der Waals surface area contributed by atoms with Crippen LogP contribution in [-0.4, -0.2) is 102 Å². The first-order valence-corrected chi connectivity index (χ1v) is 36.4. The van der Waals surface area contributed by atoms with Gasteiger partial charge in [0.15, 0.2) is 0 Å². The third-order valence-corrected chi connectivity index (χ3v) is 17.1. The highest BCUT2D eigenvalue weighted by Gasteiger charge is 2.22. The zero-order valence-electron chi connectivity index (χ0n) is 58.8. The number of allylic oxidation sites excluding steroid dienone is 2. The van der Waals surface area contributed by atoms with Gasteiger partial charge in [0.2, 0.25) is 0 Å². The Labute approximate surface area is 570 Å². The SMILES string of the molecule is C=C(C)C(=O)OCCCCCCOC(=O)c1cc(OCCCCCCOC(=O)CCC(=O)OCCCCCCOc2ccc(C3CCC(CCC)CC3)cc2)ccc1OCCCCCCOC(=O)CCC(=O)OCCCCCCOc1ccc(C(C)/C=C/C(C)CCC)cc1. The fourth-order valence-corrected chi connectivity index (χ4v) is 11.3. The molecule has 3 aromatic rings. The number of ether oxygens (including phenoxy) is 10. The van der Waals surface area contributed by atoms with Crippen molar-refractivity contribution >= 4 is 35.8 Å². The first-order chi connectivity index (χ1) is 46.2. The van der Waals surface area contributed by atoms with Gasteiger partial charge in [0.05, 0.1) is 91.8 Å². The highest BCUT2D eigenvalue weighted by atomic mass is 16.6. The van der Waals surface area contributed by atoms with Crippen LogP contribution in [0.4, 0.5) is 0 Å². The van der Waals surface area contributed by atoms with E-state index in [-0.39, 0.29) is 51.1 Å². The molecule has 0 N–H and O–H groups in total. The Hall–Kier alpha value is -6.84. The average molecular weight is 1320 g/mol. The minimum absolute atomic E-state index is 0.00606. The first kappa shape index (κ1) is 80.6. The molecule has 0 bridgehead atoms. The predicted octanol–water partition coefficient (Wildman–Crippen LogP) is 18.6. The molecule has 1 saturated carbocycles. The summed E-state index contributed by atoms with van der Waals surface area (Å²) in [5.41, 5.74) is 3.33. The van der Waals surface area contributed by atoms with Gasteiger partial charge >= 0.3 is 35.8 Å². The van der Waals surface area contributed by atoms with Gasteiger partial charge in [0, 0.05) is 5.57 Å². The second-order valence-electron chi connectivity index (χ2n) is 25.6. The molecule has 2 atom stereocenters. The molecule has 0 radical (unpaired) electrons. The molecular formula is C79H118O16. The average Bonchev–Trinajstić information content (AvgIpc) is 0.946. The summed E-state index contributed by atoms with van der Waals surface area (Å²) in [7, 11) is 0. The van der Waals surface area contributed by atoms with Crippen LogP contribution in [0.2, 0.25) is 0 Å². The topological polar surface area (TPSA) is 195 Å². The van der Waals surface area contributed by atoms with E-state index in [0.717, 1.165) is 114 Å². The van der Waals surface area contributed by atoms with Crippen molar-refractivity contribution < 1.29 is 76.1 Å². The van der Waals surface area contributed by atoms with E-state index in [9.17, 15) is 28.8 Å². The number of unbranched alkanes of at least 4 members (excludes halogenated alkanes) is 15. The number of benzene rings is 3. The molecule has 0 saturated heterocycles. The molecule has 4 rings (SSSR count). The van der Waals surface area contributed by atoms with E-state index in [1.165, 1.54) is 62.5 Å². The van der Waals surface area contributed by atoms with Gasteiger partial charge < -0.3 is 47.4 Å². The van der Waals surface area contributed by atoms with Crippen molar-refractivity contribution in [3.05, 3.63) is 108 Å². The summed E-state index contributed by atoms with van der Waals surface area (Å²) in [4.78, 5) is 74.2. The smallest absolute Gasteiger partial charge is 0.342 e. The molecule has 16 heteroatoms. The molecule has 0 spiro atoms. The fraction of sp³-hybridized carbons (Fsp3) is 0.646. The van der Waals surface area contributed by atoms with Gasteiger partial charge in [-0.05, 0) is 245 Å². The third-order valence-electron chi connectivity index (χ3n) is 17.1. The van der Waals surface area contributed by atoms with Gasteiger partial charge in [-0.2, -0.15) is 0 Å². The minimum Gasteiger partial charge on any atom is -0.494 e. The lowest BCUT2D eigenvalue weighted by Gasteiger charge is -2.28. The maximum atomic E-state index is 13.4. The van der Waals surface area contributed by atoms with Crippen LogP contribution >= 0.6 is 0 Å². The standard InChI is InChI=1S/C79H118O16/c1-7-29-63(5)31-32-64(6)66-37-41-69(42-38-66)86-51-19-9-13-23-55-90-75(81)49-50-77(83)93-58-26-16-12-22-54-89-73-46-45-71(61-72(73)79(85)95-60-28-18-17-27-59-94-78(84)62(3)4)88-53-21-11-15-25-57-92-76(82)48-47-74(80)91-56-24-14-10-20-52-87-70-43-39-68(40-44-70)67-35-33-65(30-8-2)34-36-67/h31-32,37-46,61,63-65,67H,3,7-30,33-36,47-60H2,1-2,4-6H3/b32-31+. The van der Waals surface area contributed by atoms with E-state index < -0.39 is 35.8 Å². The Morgan fingerprint density at radius 1 is 0.442 bits per heavy atom. The molecule has 16 nitrogen and oxygen atoms in total. The van der Waals surface area contributed by atoms with E-state index in [4.69, 9.17) is 47.4 Å². The largest absolute Gasteiger partial charge is 0.494 e. The molecule has 0 aliphatic heterocycles. The third kappa shape index (κ3) is 38.5. The minimum atomic E-state index is -0.520. The molecule has 1 aliphatic carbocycles. The van der Waals surface area contributed by atoms with Gasteiger partial charge in [-0.3, -0.25) is 19.2 Å². The predicted molar refractivity (Wildman–Crippen MR) is 373 cm³/mol. The van der Waals surface area contributed by atoms with Crippen LogP contribution in [0, 0.1) is 11.8 Å². The van der Waals surface area contributed by atoms with E-state index in [2.05, 4.69) is 82.8 Å². The van der Waals surface area contributed by atoms with Crippen molar-refractivity contribution in [2.45, 2.75) is 252 Å². The van der Waals surface area contributed by atoms with E-state index in [1.54, 1.807) is 25.1 Å². The molecule has 1 aliphatic rings. The summed E-state index contributed by atoms with van der Waals surface area (Å²) in [6.45, 7) is 18.0. The Morgan fingerprint density at radius 2 is 0.832 bits per heavy atom. The van der Waals surface area contributed by atoms with Crippen LogP contribution < -0.4 is 18.9 Å². The molecular weight excluding hydrogens is 1200 g/mol. The zero-order chi connectivity index (χ0) is 68.4. The Morgan fingerprint density at radius 3 is 1.26 bits per heavy atom. The summed E-state index contributed by atoms with van der Waals surface area (Å²) in [5.74, 6) is 2.66. The second-order valence-corrected chi connectivity index (χ2v) is 25.6. The Bertz CT molecular complexity index is 2620. The monoisotopic (exact) mass is 1320 g/mol. The lowest BCUT2D eigenvalue weighted by atomic mass is 9.77. The van der Waals surface area contributed by atoms with Crippen LogP contribution in [0.1, 0.15) is 273 Å². The Balaban J connectivity index is 1.00. The number of hydrogen-bond donors (Lipinski definition) is 0. The van der Waals surface area contributed by atoms with Crippen molar-refractivity contribution in [3.8, 4) is 23.0 Å². The highest BCUT2D eigenvalue weighted by molar-refractivity contribution is 5.93. The second kappa shape index (κ2) is 51.4. The molecule has 1 fully saturated rings. The number of carbonyl (C=O) groups is 6. The molecule has 3 aromatic carbocycles.